The maximum atomic E-state index is 14.1. The molecular weight excluding hydrogens is 563 g/mol. The predicted molar refractivity (Wildman–Crippen MR) is 146 cm³/mol. The van der Waals surface area contributed by atoms with Crippen molar-refractivity contribution in [1.29, 1.82) is 0 Å². The Balaban J connectivity index is 1.41. The van der Waals surface area contributed by atoms with Gasteiger partial charge in [-0.05, 0) is 81.4 Å². The topological polar surface area (TPSA) is 66.5 Å². The molecule has 1 heterocycles. The number of carbonyl (C=O) groups excluding carboxylic acids is 3. The Labute approximate surface area is 224 Å². The van der Waals surface area contributed by atoms with Gasteiger partial charge in [0.1, 0.15) is 6.04 Å². The number of nitrogens with one attached hydrogen (secondary N) is 1. The third kappa shape index (κ3) is 3.52. The van der Waals surface area contributed by atoms with Gasteiger partial charge >= 0.3 is 0 Å². The van der Waals surface area contributed by atoms with Crippen LogP contribution in [0.25, 0.3) is 0 Å². The largest absolute Gasteiger partial charge is 0.324 e. The van der Waals surface area contributed by atoms with Gasteiger partial charge in [0.2, 0.25) is 17.7 Å². The van der Waals surface area contributed by atoms with E-state index in [1.165, 1.54) is 4.90 Å². The van der Waals surface area contributed by atoms with E-state index in [0.29, 0.717) is 12.1 Å². The Morgan fingerprint density at radius 1 is 0.806 bits per heavy atom. The van der Waals surface area contributed by atoms with E-state index in [-0.39, 0.29) is 35.5 Å². The molecule has 7 rings (SSSR count). The second-order valence-electron chi connectivity index (χ2n) is 10.5. The van der Waals surface area contributed by atoms with Crippen molar-refractivity contribution in [3.05, 3.63) is 98.6 Å². The molecule has 1 fully saturated rings. The fraction of sp³-hybridized carbons (Fsp3) is 0.300. The smallest absolute Gasteiger partial charge is 0.247 e. The number of amides is 3. The summed E-state index contributed by atoms with van der Waals surface area (Å²) >= 11 is 2.21. The standard InChI is InChI=1S/C30H27IN2O3/c1-16(2)15-23(28(34)32-18-13-11-17(31)12-14-18)33-29(35)26-24-19-7-3-4-8-20(19)25(27(26)30(33)36)22-10-6-5-9-21(22)24/h3-14,16,23-27H,15H2,1-2H3,(H,32,34)/t23-,24?,25?,26-,27-/m1/s1. The molecule has 4 aliphatic rings. The molecule has 6 heteroatoms. The average Bonchev–Trinajstić information content (AvgIpc) is 3.14. The van der Waals surface area contributed by atoms with Gasteiger partial charge in [-0.3, -0.25) is 19.3 Å². The minimum Gasteiger partial charge on any atom is -0.324 e. The average molecular weight is 590 g/mol. The molecule has 3 aromatic carbocycles. The first kappa shape index (κ1) is 23.4. The Bertz CT molecular complexity index is 1270. The zero-order valence-electron chi connectivity index (χ0n) is 20.1. The number of benzene rings is 3. The van der Waals surface area contributed by atoms with Gasteiger partial charge in [-0.25, -0.2) is 0 Å². The normalized spacial score (nSPS) is 24.4. The first-order chi connectivity index (χ1) is 17.4. The van der Waals surface area contributed by atoms with E-state index < -0.39 is 17.9 Å². The number of hydrogen-bond acceptors (Lipinski definition) is 3. The molecule has 36 heavy (non-hydrogen) atoms. The summed E-state index contributed by atoms with van der Waals surface area (Å²) in [6, 6.07) is 23.1. The van der Waals surface area contributed by atoms with Crippen molar-refractivity contribution in [3.8, 4) is 0 Å². The quantitative estimate of drug-likeness (QED) is 0.314. The predicted octanol–water partition coefficient (Wildman–Crippen LogP) is 5.54. The Morgan fingerprint density at radius 3 is 1.67 bits per heavy atom. The molecule has 0 radical (unpaired) electrons. The Hall–Kier alpha value is -3.00. The van der Waals surface area contributed by atoms with Crippen molar-refractivity contribution in [2.45, 2.75) is 38.1 Å². The lowest BCUT2D eigenvalue weighted by Gasteiger charge is -2.45. The van der Waals surface area contributed by atoms with Crippen molar-refractivity contribution in [2.75, 3.05) is 5.32 Å². The van der Waals surface area contributed by atoms with Crippen molar-refractivity contribution in [2.24, 2.45) is 17.8 Å². The van der Waals surface area contributed by atoms with Gasteiger partial charge in [0.25, 0.3) is 0 Å². The SMILES string of the molecule is CC(C)C[C@H](C(=O)Nc1ccc(I)cc1)N1C(=O)[C@@H]2C3c4ccccc4C(c4ccccc43)[C@H]2C1=O. The zero-order valence-corrected chi connectivity index (χ0v) is 22.3. The number of halogens is 1. The summed E-state index contributed by atoms with van der Waals surface area (Å²) in [5.41, 5.74) is 5.19. The van der Waals surface area contributed by atoms with Crippen LogP contribution in [0.5, 0.6) is 0 Å². The van der Waals surface area contributed by atoms with E-state index in [0.717, 1.165) is 25.8 Å². The van der Waals surface area contributed by atoms with E-state index in [1.807, 2.05) is 62.4 Å². The molecule has 3 atom stereocenters. The van der Waals surface area contributed by atoms with Gasteiger partial charge in [-0.15, -0.1) is 0 Å². The Kier molecular flexibility index (Phi) is 5.74. The second-order valence-corrected chi connectivity index (χ2v) is 11.7. The van der Waals surface area contributed by atoms with Crippen molar-refractivity contribution in [3.63, 3.8) is 0 Å². The van der Waals surface area contributed by atoms with Gasteiger partial charge in [0.05, 0.1) is 11.8 Å². The maximum Gasteiger partial charge on any atom is 0.247 e. The molecule has 182 valence electrons. The van der Waals surface area contributed by atoms with Crippen molar-refractivity contribution >= 4 is 46.0 Å². The van der Waals surface area contributed by atoms with Gasteiger partial charge < -0.3 is 5.32 Å². The lowest BCUT2D eigenvalue weighted by Crippen LogP contribution is -2.48. The van der Waals surface area contributed by atoms with Crippen LogP contribution in [-0.2, 0) is 14.4 Å². The maximum absolute atomic E-state index is 14.1. The summed E-state index contributed by atoms with van der Waals surface area (Å²) in [7, 11) is 0. The van der Waals surface area contributed by atoms with Crippen LogP contribution in [0, 0.1) is 21.3 Å². The summed E-state index contributed by atoms with van der Waals surface area (Å²) < 4.78 is 1.06. The molecule has 0 aromatic heterocycles. The monoisotopic (exact) mass is 590 g/mol. The molecule has 0 saturated carbocycles. The first-order valence-electron chi connectivity index (χ1n) is 12.5. The summed E-state index contributed by atoms with van der Waals surface area (Å²) in [5, 5.41) is 2.96. The van der Waals surface area contributed by atoms with Crippen molar-refractivity contribution in [1.82, 2.24) is 4.90 Å². The van der Waals surface area contributed by atoms with Crippen LogP contribution in [0.4, 0.5) is 5.69 Å². The van der Waals surface area contributed by atoms with E-state index in [9.17, 15) is 14.4 Å². The van der Waals surface area contributed by atoms with Crippen LogP contribution in [0.2, 0.25) is 0 Å². The third-order valence-corrected chi connectivity index (χ3v) is 8.62. The lowest BCUT2D eigenvalue weighted by molar-refractivity contribution is -0.147. The van der Waals surface area contributed by atoms with Crippen LogP contribution in [-0.4, -0.2) is 28.7 Å². The Morgan fingerprint density at radius 2 is 1.25 bits per heavy atom. The fourth-order valence-corrected chi connectivity index (χ4v) is 6.90. The molecule has 2 bridgehead atoms. The number of anilines is 1. The zero-order chi connectivity index (χ0) is 25.1. The molecule has 3 aliphatic carbocycles. The summed E-state index contributed by atoms with van der Waals surface area (Å²) in [5.74, 6) is -1.92. The van der Waals surface area contributed by atoms with Crippen LogP contribution in [0.3, 0.4) is 0 Å². The molecule has 1 aliphatic heterocycles. The van der Waals surface area contributed by atoms with E-state index in [1.54, 1.807) is 0 Å². The lowest BCUT2D eigenvalue weighted by atomic mass is 9.55. The fourth-order valence-electron chi connectivity index (χ4n) is 6.54. The molecule has 1 saturated heterocycles. The van der Waals surface area contributed by atoms with Crippen LogP contribution < -0.4 is 5.32 Å². The first-order valence-corrected chi connectivity index (χ1v) is 13.6. The highest BCUT2D eigenvalue weighted by Gasteiger charge is 2.63. The molecule has 0 spiro atoms. The third-order valence-electron chi connectivity index (χ3n) is 7.90. The minimum atomic E-state index is -0.847. The molecule has 3 amide bonds. The van der Waals surface area contributed by atoms with E-state index in [2.05, 4.69) is 52.2 Å². The molecular formula is C30H27IN2O3. The number of hydrogen-bond donors (Lipinski definition) is 1. The summed E-state index contributed by atoms with van der Waals surface area (Å²) in [6.07, 6.45) is 0.419. The summed E-state index contributed by atoms with van der Waals surface area (Å²) in [6.45, 7) is 4.03. The molecule has 1 N–H and O–H groups in total. The minimum absolute atomic E-state index is 0.131. The van der Waals surface area contributed by atoms with E-state index in [4.69, 9.17) is 0 Å². The van der Waals surface area contributed by atoms with Crippen LogP contribution in [0.1, 0.15) is 54.4 Å². The number of likely N-dealkylation sites (tertiary alicyclic amines) is 1. The van der Waals surface area contributed by atoms with Gasteiger partial charge in [-0.1, -0.05) is 62.4 Å². The summed E-state index contributed by atoms with van der Waals surface area (Å²) in [4.78, 5) is 43.1. The van der Waals surface area contributed by atoms with E-state index >= 15 is 0 Å². The number of carbonyl (C=O) groups is 3. The number of imide groups is 1. The molecule has 0 unspecified atom stereocenters. The highest BCUT2D eigenvalue weighted by molar-refractivity contribution is 14.1. The van der Waals surface area contributed by atoms with Crippen LogP contribution >= 0.6 is 22.6 Å². The highest BCUT2D eigenvalue weighted by Crippen LogP contribution is 2.61. The molecule has 3 aromatic rings. The van der Waals surface area contributed by atoms with Gasteiger partial charge in [0, 0.05) is 21.1 Å². The van der Waals surface area contributed by atoms with Gasteiger partial charge in [-0.2, -0.15) is 0 Å². The number of rotatable bonds is 5. The van der Waals surface area contributed by atoms with Crippen molar-refractivity contribution < 1.29 is 14.4 Å². The van der Waals surface area contributed by atoms with Gasteiger partial charge in [0.15, 0.2) is 0 Å². The van der Waals surface area contributed by atoms with Crippen LogP contribution in [0.15, 0.2) is 72.8 Å². The second kappa shape index (κ2) is 8.83. The molecule has 5 nitrogen and oxygen atoms in total. The highest BCUT2D eigenvalue weighted by atomic mass is 127. The number of nitrogens with zero attached hydrogens (tertiary/aromatic N) is 1.